The summed E-state index contributed by atoms with van der Waals surface area (Å²) in [7, 11) is 0. The molecule has 2 aliphatic rings. The molecule has 0 spiro atoms. The van der Waals surface area contributed by atoms with Crippen molar-refractivity contribution in [2.24, 2.45) is 5.92 Å². The first-order valence-electron chi connectivity index (χ1n) is 11.0. The highest BCUT2D eigenvalue weighted by atomic mass is 35.5. The van der Waals surface area contributed by atoms with Gasteiger partial charge in [0.25, 0.3) is 5.91 Å². The molecule has 5 heteroatoms. The van der Waals surface area contributed by atoms with E-state index >= 15 is 0 Å². The van der Waals surface area contributed by atoms with Crippen LogP contribution in [0.15, 0.2) is 78.9 Å². The second-order valence-corrected chi connectivity index (χ2v) is 9.09. The van der Waals surface area contributed by atoms with E-state index in [1.54, 1.807) is 0 Å². The molecular formula is C27H24Cl2N2O. The van der Waals surface area contributed by atoms with Crippen molar-refractivity contribution in [1.29, 1.82) is 0 Å². The third kappa shape index (κ3) is 3.60. The first-order valence-corrected chi connectivity index (χ1v) is 11.7. The molecule has 3 aromatic rings. The topological polar surface area (TPSA) is 32.3 Å². The molecule has 1 N–H and O–H groups in total. The Hall–Kier alpha value is -2.75. The number of amides is 1. The number of halogens is 2. The van der Waals surface area contributed by atoms with Gasteiger partial charge in [0.1, 0.15) is 0 Å². The smallest absolute Gasteiger partial charge is 0.258 e. The summed E-state index contributed by atoms with van der Waals surface area (Å²) < 4.78 is 0. The number of allylic oxidation sites excluding steroid dienone is 2. The van der Waals surface area contributed by atoms with Crippen LogP contribution in [-0.2, 0) is 0 Å². The van der Waals surface area contributed by atoms with Crippen molar-refractivity contribution >= 4 is 40.5 Å². The number of anilines is 2. The van der Waals surface area contributed by atoms with Crippen LogP contribution < -0.4 is 10.2 Å². The van der Waals surface area contributed by atoms with Gasteiger partial charge in [-0.2, -0.15) is 0 Å². The van der Waals surface area contributed by atoms with Gasteiger partial charge < -0.3 is 10.2 Å². The molecule has 0 saturated carbocycles. The highest BCUT2D eigenvalue weighted by Crippen LogP contribution is 2.51. The van der Waals surface area contributed by atoms with Crippen molar-refractivity contribution in [3.05, 3.63) is 106 Å². The first-order chi connectivity index (χ1) is 15.6. The van der Waals surface area contributed by atoms with Crippen LogP contribution in [0, 0.1) is 5.92 Å². The van der Waals surface area contributed by atoms with Crippen LogP contribution in [0.3, 0.4) is 0 Å². The zero-order valence-corrected chi connectivity index (χ0v) is 19.3. The number of benzene rings is 3. The van der Waals surface area contributed by atoms with Crippen molar-refractivity contribution in [2.75, 3.05) is 16.8 Å². The van der Waals surface area contributed by atoms with Crippen molar-refractivity contribution < 1.29 is 4.79 Å². The van der Waals surface area contributed by atoms with Crippen LogP contribution in [0.1, 0.15) is 46.8 Å². The fraction of sp³-hybridized carbons (Fsp3) is 0.222. The van der Waals surface area contributed by atoms with Crippen molar-refractivity contribution in [2.45, 2.75) is 25.3 Å². The molecule has 0 fully saturated rings. The molecule has 5 rings (SSSR count). The maximum absolute atomic E-state index is 13.4. The zero-order chi connectivity index (χ0) is 22.2. The van der Waals surface area contributed by atoms with Crippen LogP contribution in [0.2, 0.25) is 10.0 Å². The quantitative estimate of drug-likeness (QED) is 0.407. The molecule has 1 heterocycles. The third-order valence-electron chi connectivity index (χ3n) is 6.56. The summed E-state index contributed by atoms with van der Waals surface area (Å²) in [5, 5.41) is 4.86. The molecule has 3 aromatic carbocycles. The van der Waals surface area contributed by atoms with E-state index in [1.807, 2.05) is 72.5 Å². The molecule has 1 aliphatic heterocycles. The number of hydrogen-bond acceptors (Lipinski definition) is 2. The van der Waals surface area contributed by atoms with Gasteiger partial charge in [0.2, 0.25) is 0 Å². The minimum atomic E-state index is 0.0139. The fourth-order valence-corrected chi connectivity index (χ4v) is 5.43. The number of fused-ring (bicyclic) bond motifs is 3. The molecule has 0 bridgehead atoms. The molecule has 0 saturated heterocycles. The highest BCUT2D eigenvalue weighted by molar-refractivity contribution is 6.42. The van der Waals surface area contributed by atoms with Crippen LogP contribution in [-0.4, -0.2) is 12.5 Å². The molecule has 1 aliphatic carbocycles. The fourth-order valence-electron chi connectivity index (χ4n) is 5.00. The van der Waals surface area contributed by atoms with E-state index in [4.69, 9.17) is 23.2 Å². The van der Waals surface area contributed by atoms with Gasteiger partial charge >= 0.3 is 0 Å². The van der Waals surface area contributed by atoms with Crippen molar-refractivity contribution in [1.82, 2.24) is 0 Å². The summed E-state index contributed by atoms with van der Waals surface area (Å²) >= 11 is 12.9. The molecular weight excluding hydrogens is 439 g/mol. The second-order valence-electron chi connectivity index (χ2n) is 8.31. The normalized spacial score (nSPS) is 20.9. The Morgan fingerprint density at radius 1 is 1.03 bits per heavy atom. The minimum Gasteiger partial charge on any atom is -0.378 e. The SMILES string of the molecule is CCN(C(=O)c1ccc2c(c1)C1C=CCC1C(c1cccc(Cl)c1Cl)N2)c1ccccc1. The Morgan fingerprint density at radius 2 is 1.84 bits per heavy atom. The molecule has 3 atom stereocenters. The molecule has 162 valence electrons. The number of nitrogens with zero attached hydrogens (tertiary/aromatic N) is 1. The van der Waals surface area contributed by atoms with Gasteiger partial charge in [-0.1, -0.05) is 65.7 Å². The number of hydrogen-bond donors (Lipinski definition) is 1. The van der Waals surface area contributed by atoms with Gasteiger partial charge in [-0.25, -0.2) is 0 Å². The average Bonchev–Trinajstić information content (AvgIpc) is 3.32. The van der Waals surface area contributed by atoms with Gasteiger partial charge in [-0.05, 0) is 66.8 Å². The Labute approximate surface area is 198 Å². The lowest BCUT2D eigenvalue weighted by atomic mass is 9.76. The zero-order valence-electron chi connectivity index (χ0n) is 17.8. The lowest BCUT2D eigenvalue weighted by Crippen LogP contribution is -2.32. The number of carbonyl (C=O) groups is 1. The summed E-state index contributed by atoms with van der Waals surface area (Å²) in [5.74, 6) is 0.561. The second kappa shape index (κ2) is 8.65. The molecule has 0 radical (unpaired) electrons. The van der Waals surface area contributed by atoms with Gasteiger partial charge in [0.15, 0.2) is 0 Å². The van der Waals surface area contributed by atoms with E-state index in [1.165, 1.54) is 0 Å². The summed E-state index contributed by atoms with van der Waals surface area (Å²) in [6, 6.07) is 21.7. The van der Waals surface area contributed by atoms with Crippen LogP contribution in [0.4, 0.5) is 11.4 Å². The molecule has 3 nitrogen and oxygen atoms in total. The van der Waals surface area contributed by atoms with Gasteiger partial charge in [0.05, 0.1) is 16.1 Å². The van der Waals surface area contributed by atoms with E-state index in [2.05, 4.69) is 23.5 Å². The van der Waals surface area contributed by atoms with E-state index in [-0.39, 0.29) is 17.9 Å². The Bertz CT molecular complexity index is 1190. The van der Waals surface area contributed by atoms with E-state index < -0.39 is 0 Å². The molecule has 32 heavy (non-hydrogen) atoms. The number of rotatable bonds is 4. The highest BCUT2D eigenvalue weighted by Gasteiger charge is 2.39. The van der Waals surface area contributed by atoms with Crippen molar-refractivity contribution in [3.63, 3.8) is 0 Å². The first kappa shape index (κ1) is 21.1. The van der Waals surface area contributed by atoms with E-state index in [0.717, 1.165) is 28.9 Å². The number of nitrogens with one attached hydrogen (secondary N) is 1. The Kier molecular flexibility index (Phi) is 5.71. The Balaban J connectivity index is 1.51. The largest absolute Gasteiger partial charge is 0.378 e. The molecule has 3 unspecified atom stereocenters. The predicted octanol–water partition coefficient (Wildman–Crippen LogP) is 7.49. The molecule has 0 aromatic heterocycles. The lowest BCUT2D eigenvalue weighted by molar-refractivity contribution is 0.0988. The summed E-state index contributed by atoms with van der Waals surface area (Å²) in [6.07, 6.45) is 5.45. The van der Waals surface area contributed by atoms with Crippen LogP contribution in [0.5, 0.6) is 0 Å². The lowest BCUT2D eigenvalue weighted by Gasteiger charge is -2.38. The van der Waals surface area contributed by atoms with E-state index in [9.17, 15) is 4.79 Å². The average molecular weight is 463 g/mol. The minimum absolute atomic E-state index is 0.0139. The van der Waals surface area contributed by atoms with Crippen molar-refractivity contribution in [3.8, 4) is 0 Å². The maximum Gasteiger partial charge on any atom is 0.258 e. The summed E-state index contributed by atoms with van der Waals surface area (Å²) in [6.45, 7) is 2.61. The maximum atomic E-state index is 13.4. The standard InChI is InChI=1S/C27H24Cl2N2O/c1-2-31(18-8-4-3-5-9-18)27(32)17-14-15-24-22(16-17)19-10-6-11-20(19)26(30-24)21-12-7-13-23(28)25(21)29/h3-10,12-16,19-20,26,30H,2,11H2,1H3. The van der Waals surface area contributed by atoms with Gasteiger partial charge in [-0.3, -0.25) is 4.79 Å². The third-order valence-corrected chi connectivity index (χ3v) is 7.39. The predicted molar refractivity (Wildman–Crippen MR) is 133 cm³/mol. The Morgan fingerprint density at radius 3 is 2.62 bits per heavy atom. The van der Waals surface area contributed by atoms with Gasteiger partial charge in [0, 0.05) is 29.4 Å². The number of para-hydroxylation sites is 1. The van der Waals surface area contributed by atoms with Crippen LogP contribution in [0.25, 0.3) is 0 Å². The number of carbonyl (C=O) groups excluding carboxylic acids is 1. The summed E-state index contributed by atoms with van der Waals surface area (Å²) in [5.41, 5.74) is 4.83. The van der Waals surface area contributed by atoms with E-state index in [0.29, 0.717) is 28.1 Å². The van der Waals surface area contributed by atoms with Crippen LogP contribution >= 0.6 is 23.2 Å². The molecule has 1 amide bonds. The van der Waals surface area contributed by atoms with Gasteiger partial charge in [-0.15, -0.1) is 0 Å². The summed E-state index contributed by atoms with van der Waals surface area (Å²) in [4.78, 5) is 15.2. The monoisotopic (exact) mass is 462 g/mol.